The van der Waals surface area contributed by atoms with Crippen LogP contribution in [0.4, 0.5) is 5.82 Å². The zero-order valence-corrected chi connectivity index (χ0v) is 13.9. The number of nitrogens with one attached hydrogen (secondary N) is 1. The van der Waals surface area contributed by atoms with Gasteiger partial charge in [-0.2, -0.15) is 0 Å². The van der Waals surface area contributed by atoms with Crippen LogP contribution in [-0.2, 0) is 6.54 Å². The van der Waals surface area contributed by atoms with Crippen molar-refractivity contribution in [3.05, 3.63) is 42.5 Å². The highest BCUT2D eigenvalue weighted by molar-refractivity contribution is 6.10. The van der Waals surface area contributed by atoms with Crippen LogP contribution >= 0.6 is 0 Å². The van der Waals surface area contributed by atoms with Crippen LogP contribution in [0.2, 0.25) is 0 Å². The first kappa shape index (κ1) is 16.0. The molecule has 0 aliphatic heterocycles. The standard InChI is InChI=1S/C18H21N5O/c1-4-10-23-16(19)14(18(24)20-11(3)5-2)15-17(23)22-13-9-7-6-8-12(13)21-15/h4,6-9,11H,1,5,10,19H2,2-3H3,(H,20,24). The second kappa shape index (κ2) is 6.31. The minimum Gasteiger partial charge on any atom is -0.384 e. The Balaban J connectivity index is 2.27. The lowest BCUT2D eigenvalue weighted by molar-refractivity contribution is 0.0941. The number of fused-ring (bicyclic) bond motifs is 2. The van der Waals surface area contributed by atoms with Gasteiger partial charge in [-0.3, -0.25) is 4.79 Å². The molecule has 0 bridgehead atoms. The molecule has 6 nitrogen and oxygen atoms in total. The first-order chi connectivity index (χ1) is 11.6. The van der Waals surface area contributed by atoms with Crippen molar-refractivity contribution < 1.29 is 4.79 Å². The number of nitrogens with zero attached hydrogens (tertiary/aromatic N) is 3. The van der Waals surface area contributed by atoms with Gasteiger partial charge in [0, 0.05) is 12.6 Å². The topological polar surface area (TPSA) is 85.8 Å². The molecule has 24 heavy (non-hydrogen) atoms. The first-order valence-electron chi connectivity index (χ1n) is 8.03. The summed E-state index contributed by atoms with van der Waals surface area (Å²) >= 11 is 0. The molecular weight excluding hydrogens is 302 g/mol. The summed E-state index contributed by atoms with van der Waals surface area (Å²) in [5, 5.41) is 2.96. The predicted molar refractivity (Wildman–Crippen MR) is 96.9 cm³/mol. The van der Waals surface area contributed by atoms with E-state index in [0.717, 1.165) is 17.5 Å². The molecule has 2 aromatic heterocycles. The van der Waals surface area contributed by atoms with Crippen molar-refractivity contribution in [2.24, 2.45) is 0 Å². The van der Waals surface area contributed by atoms with Gasteiger partial charge in [0.1, 0.15) is 16.9 Å². The maximum absolute atomic E-state index is 12.7. The van der Waals surface area contributed by atoms with Gasteiger partial charge in [0.15, 0.2) is 5.65 Å². The number of allylic oxidation sites excluding steroid dienone is 1. The van der Waals surface area contributed by atoms with Crippen LogP contribution in [0.1, 0.15) is 30.6 Å². The van der Waals surface area contributed by atoms with E-state index in [-0.39, 0.29) is 11.9 Å². The Kier molecular flexibility index (Phi) is 4.20. The molecule has 3 rings (SSSR count). The van der Waals surface area contributed by atoms with Crippen LogP contribution in [0.25, 0.3) is 22.2 Å². The second-order valence-electron chi connectivity index (χ2n) is 5.83. The Morgan fingerprint density at radius 2 is 2.04 bits per heavy atom. The minimum atomic E-state index is -0.223. The van der Waals surface area contributed by atoms with Gasteiger partial charge >= 0.3 is 0 Å². The lowest BCUT2D eigenvalue weighted by Crippen LogP contribution is -2.32. The summed E-state index contributed by atoms with van der Waals surface area (Å²) in [6.45, 7) is 8.19. The van der Waals surface area contributed by atoms with Gasteiger partial charge in [-0.25, -0.2) is 9.97 Å². The predicted octanol–water partition coefficient (Wildman–Crippen LogP) is 2.88. The Bertz CT molecular complexity index is 928. The van der Waals surface area contributed by atoms with Crippen molar-refractivity contribution in [2.75, 3.05) is 5.73 Å². The summed E-state index contributed by atoms with van der Waals surface area (Å²) in [6.07, 6.45) is 2.56. The van der Waals surface area contributed by atoms with Gasteiger partial charge in [0.25, 0.3) is 5.91 Å². The number of anilines is 1. The Labute approximate surface area is 140 Å². The van der Waals surface area contributed by atoms with Crippen LogP contribution in [0, 0.1) is 0 Å². The molecule has 3 N–H and O–H groups in total. The summed E-state index contributed by atoms with van der Waals surface area (Å²) in [5.41, 5.74) is 9.26. The van der Waals surface area contributed by atoms with E-state index < -0.39 is 0 Å². The molecule has 0 aliphatic rings. The average molecular weight is 323 g/mol. The average Bonchev–Trinajstić information content (AvgIpc) is 2.84. The van der Waals surface area contributed by atoms with E-state index in [2.05, 4.69) is 21.9 Å². The summed E-state index contributed by atoms with van der Waals surface area (Å²) in [5.74, 6) is 0.139. The van der Waals surface area contributed by atoms with Crippen molar-refractivity contribution >= 4 is 33.9 Å². The number of para-hydroxylation sites is 2. The van der Waals surface area contributed by atoms with Gasteiger partial charge in [-0.1, -0.05) is 25.1 Å². The number of carbonyl (C=O) groups is 1. The number of rotatable bonds is 5. The van der Waals surface area contributed by atoms with Crippen LogP contribution in [0.15, 0.2) is 36.9 Å². The maximum atomic E-state index is 12.7. The number of aromatic nitrogens is 3. The van der Waals surface area contributed by atoms with E-state index >= 15 is 0 Å². The lowest BCUT2D eigenvalue weighted by atomic mass is 10.2. The normalized spacial score (nSPS) is 12.4. The van der Waals surface area contributed by atoms with Crippen LogP contribution in [0.5, 0.6) is 0 Å². The molecule has 1 atom stereocenters. The highest BCUT2D eigenvalue weighted by atomic mass is 16.1. The van der Waals surface area contributed by atoms with E-state index in [4.69, 9.17) is 5.73 Å². The molecule has 0 saturated heterocycles. The number of hydrogen-bond acceptors (Lipinski definition) is 4. The quantitative estimate of drug-likeness (QED) is 0.707. The van der Waals surface area contributed by atoms with E-state index in [1.165, 1.54) is 0 Å². The van der Waals surface area contributed by atoms with Crippen molar-refractivity contribution in [1.82, 2.24) is 19.9 Å². The van der Waals surface area contributed by atoms with Crippen LogP contribution < -0.4 is 11.1 Å². The molecule has 3 aromatic rings. The molecule has 1 aromatic carbocycles. The van der Waals surface area contributed by atoms with Gasteiger partial charge in [-0.15, -0.1) is 6.58 Å². The zero-order valence-electron chi connectivity index (χ0n) is 13.9. The van der Waals surface area contributed by atoms with Gasteiger partial charge in [0.05, 0.1) is 11.0 Å². The Morgan fingerprint density at radius 3 is 2.67 bits per heavy atom. The largest absolute Gasteiger partial charge is 0.384 e. The van der Waals surface area contributed by atoms with Gasteiger partial charge in [0.2, 0.25) is 0 Å². The molecular formula is C18H21N5O. The molecule has 0 radical (unpaired) electrons. The maximum Gasteiger partial charge on any atom is 0.257 e. The summed E-state index contributed by atoms with van der Waals surface area (Å²) in [4.78, 5) is 22.0. The highest BCUT2D eigenvalue weighted by Crippen LogP contribution is 2.27. The number of nitrogen functional groups attached to an aromatic ring is 1. The second-order valence-corrected chi connectivity index (χ2v) is 5.83. The smallest absolute Gasteiger partial charge is 0.257 e. The van der Waals surface area contributed by atoms with Crippen LogP contribution in [0.3, 0.4) is 0 Å². The number of carbonyl (C=O) groups excluding carboxylic acids is 1. The number of amides is 1. The van der Waals surface area contributed by atoms with Crippen molar-refractivity contribution in [3.8, 4) is 0 Å². The zero-order chi connectivity index (χ0) is 17.3. The minimum absolute atomic E-state index is 0.0584. The van der Waals surface area contributed by atoms with E-state index in [1.54, 1.807) is 10.6 Å². The fourth-order valence-corrected chi connectivity index (χ4v) is 2.65. The summed E-state index contributed by atoms with van der Waals surface area (Å²) in [6, 6.07) is 7.62. The number of benzene rings is 1. The van der Waals surface area contributed by atoms with E-state index in [9.17, 15) is 4.79 Å². The number of nitrogens with two attached hydrogens (primary N) is 1. The third kappa shape index (κ3) is 2.60. The molecule has 1 unspecified atom stereocenters. The van der Waals surface area contributed by atoms with Crippen LogP contribution in [-0.4, -0.2) is 26.5 Å². The van der Waals surface area contributed by atoms with Gasteiger partial charge < -0.3 is 15.6 Å². The third-order valence-electron chi connectivity index (χ3n) is 4.12. The third-order valence-corrected chi connectivity index (χ3v) is 4.12. The number of hydrogen-bond donors (Lipinski definition) is 2. The van der Waals surface area contributed by atoms with Crippen molar-refractivity contribution in [2.45, 2.75) is 32.9 Å². The summed E-state index contributed by atoms with van der Waals surface area (Å²) < 4.78 is 1.77. The monoisotopic (exact) mass is 323 g/mol. The fraction of sp³-hybridized carbons (Fsp3) is 0.278. The van der Waals surface area contributed by atoms with Crippen molar-refractivity contribution in [1.29, 1.82) is 0 Å². The molecule has 2 heterocycles. The lowest BCUT2D eigenvalue weighted by Gasteiger charge is -2.11. The Morgan fingerprint density at radius 1 is 1.38 bits per heavy atom. The fourth-order valence-electron chi connectivity index (χ4n) is 2.65. The van der Waals surface area contributed by atoms with E-state index in [1.807, 2.05) is 38.1 Å². The van der Waals surface area contributed by atoms with Gasteiger partial charge in [-0.05, 0) is 25.5 Å². The van der Waals surface area contributed by atoms with Crippen molar-refractivity contribution in [3.63, 3.8) is 0 Å². The molecule has 124 valence electrons. The molecule has 0 fully saturated rings. The SMILES string of the molecule is C=CCn1c(N)c(C(=O)NC(C)CC)c2nc3ccccc3nc21. The molecule has 6 heteroatoms. The molecule has 1 amide bonds. The molecule has 0 saturated carbocycles. The van der Waals surface area contributed by atoms with E-state index in [0.29, 0.717) is 29.1 Å². The summed E-state index contributed by atoms with van der Waals surface area (Å²) in [7, 11) is 0. The Hall–Kier alpha value is -2.89. The first-order valence-corrected chi connectivity index (χ1v) is 8.03. The molecule has 0 aliphatic carbocycles. The molecule has 0 spiro atoms. The highest BCUT2D eigenvalue weighted by Gasteiger charge is 2.24.